The van der Waals surface area contributed by atoms with Gasteiger partial charge < -0.3 is 10.0 Å². The Morgan fingerprint density at radius 2 is 2.28 bits per heavy atom. The van der Waals surface area contributed by atoms with E-state index in [2.05, 4.69) is 0 Å². The highest BCUT2D eigenvalue weighted by Gasteiger charge is 2.35. The number of rotatable bonds is 2. The van der Waals surface area contributed by atoms with Crippen LogP contribution in [0.15, 0.2) is 18.2 Å². The van der Waals surface area contributed by atoms with E-state index < -0.39 is 17.7 Å². The van der Waals surface area contributed by atoms with Crippen LogP contribution in [-0.2, 0) is 4.79 Å². The van der Waals surface area contributed by atoms with Gasteiger partial charge in [-0.3, -0.25) is 4.79 Å². The molecule has 1 saturated heterocycles. The van der Waals surface area contributed by atoms with Crippen LogP contribution in [0.4, 0.5) is 10.1 Å². The Hall–Kier alpha value is -2.09. The lowest BCUT2D eigenvalue weighted by molar-refractivity contribution is -0.142. The van der Waals surface area contributed by atoms with E-state index in [-0.39, 0.29) is 11.5 Å². The molecule has 1 aromatic rings. The van der Waals surface area contributed by atoms with Crippen molar-refractivity contribution >= 4 is 11.7 Å². The summed E-state index contributed by atoms with van der Waals surface area (Å²) in [4.78, 5) is 12.8. The van der Waals surface area contributed by atoms with E-state index in [1.54, 1.807) is 11.0 Å². The Morgan fingerprint density at radius 3 is 2.83 bits per heavy atom. The standard InChI is InChI=1S/C13H13FN2O2/c1-8-6-16(7-10(8)13(17)18)12-4-2-3-11(14)9(12)5-15/h2-4,8,10H,6-7H2,1H3,(H,17,18). The zero-order chi connectivity index (χ0) is 13.3. The molecule has 4 nitrogen and oxygen atoms in total. The molecule has 1 fully saturated rings. The number of aliphatic carboxylic acids is 1. The normalized spacial score (nSPS) is 22.8. The first-order chi connectivity index (χ1) is 8.54. The average Bonchev–Trinajstić information content (AvgIpc) is 2.71. The molecular weight excluding hydrogens is 235 g/mol. The second kappa shape index (κ2) is 4.65. The fourth-order valence-electron chi connectivity index (χ4n) is 2.37. The first kappa shape index (κ1) is 12.4. The number of halogens is 1. The summed E-state index contributed by atoms with van der Waals surface area (Å²) < 4.78 is 13.5. The number of hydrogen-bond donors (Lipinski definition) is 1. The molecule has 0 bridgehead atoms. The van der Waals surface area contributed by atoms with Gasteiger partial charge in [-0.2, -0.15) is 5.26 Å². The molecule has 1 heterocycles. The Labute approximate surface area is 104 Å². The van der Waals surface area contributed by atoms with E-state index >= 15 is 0 Å². The van der Waals surface area contributed by atoms with Crippen LogP contribution in [0.25, 0.3) is 0 Å². The molecule has 1 aromatic carbocycles. The van der Waals surface area contributed by atoms with E-state index in [4.69, 9.17) is 10.4 Å². The first-order valence-electron chi connectivity index (χ1n) is 5.71. The van der Waals surface area contributed by atoms with Gasteiger partial charge in [-0.15, -0.1) is 0 Å². The maximum Gasteiger partial charge on any atom is 0.308 e. The molecule has 5 heteroatoms. The molecule has 0 amide bonds. The van der Waals surface area contributed by atoms with Crippen molar-refractivity contribution in [3.63, 3.8) is 0 Å². The van der Waals surface area contributed by atoms with Gasteiger partial charge in [-0.05, 0) is 18.1 Å². The van der Waals surface area contributed by atoms with Crippen LogP contribution >= 0.6 is 0 Å². The lowest BCUT2D eigenvalue weighted by Gasteiger charge is -2.19. The molecule has 94 valence electrons. The molecule has 18 heavy (non-hydrogen) atoms. The summed E-state index contributed by atoms with van der Waals surface area (Å²) in [6.07, 6.45) is 0. The third-order valence-corrected chi connectivity index (χ3v) is 3.37. The van der Waals surface area contributed by atoms with E-state index in [0.717, 1.165) is 0 Å². The Kier molecular flexibility index (Phi) is 3.19. The van der Waals surface area contributed by atoms with Crippen LogP contribution in [0.1, 0.15) is 12.5 Å². The number of nitriles is 1. The van der Waals surface area contributed by atoms with Crippen LogP contribution in [0, 0.1) is 29.0 Å². The summed E-state index contributed by atoms with van der Waals surface area (Å²) in [5.74, 6) is -1.90. The van der Waals surface area contributed by atoms with Crippen molar-refractivity contribution < 1.29 is 14.3 Å². The summed E-state index contributed by atoms with van der Waals surface area (Å²) >= 11 is 0. The number of benzene rings is 1. The van der Waals surface area contributed by atoms with Crippen molar-refractivity contribution in [1.82, 2.24) is 0 Å². The smallest absolute Gasteiger partial charge is 0.308 e. The predicted molar refractivity (Wildman–Crippen MR) is 63.6 cm³/mol. The average molecular weight is 248 g/mol. The molecule has 0 radical (unpaired) electrons. The van der Waals surface area contributed by atoms with Gasteiger partial charge in [0.15, 0.2) is 0 Å². The zero-order valence-electron chi connectivity index (χ0n) is 9.93. The Bertz CT molecular complexity index is 524. The molecule has 2 unspecified atom stereocenters. The van der Waals surface area contributed by atoms with Crippen molar-refractivity contribution in [2.45, 2.75) is 6.92 Å². The lowest BCUT2D eigenvalue weighted by atomic mass is 9.99. The summed E-state index contributed by atoms with van der Waals surface area (Å²) in [6.45, 7) is 2.69. The van der Waals surface area contributed by atoms with Gasteiger partial charge in [0.05, 0.1) is 11.6 Å². The molecule has 0 aromatic heterocycles. The molecule has 2 atom stereocenters. The summed E-state index contributed by atoms with van der Waals surface area (Å²) in [5.41, 5.74) is 0.462. The maximum absolute atomic E-state index is 13.5. The van der Waals surface area contributed by atoms with Crippen LogP contribution in [0.2, 0.25) is 0 Å². The van der Waals surface area contributed by atoms with Gasteiger partial charge in [-0.1, -0.05) is 13.0 Å². The molecule has 0 aliphatic carbocycles. The minimum atomic E-state index is -0.847. The molecular formula is C13H13FN2O2. The van der Waals surface area contributed by atoms with Crippen LogP contribution in [-0.4, -0.2) is 24.2 Å². The van der Waals surface area contributed by atoms with Gasteiger partial charge in [0.1, 0.15) is 17.4 Å². The summed E-state index contributed by atoms with van der Waals surface area (Å²) in [5, 5.41) is 18.0. The predicted octanol–water partition coefficient (Wildman–Crippen LogP) is 1.85. The lowest BCUT2D eigenvalue weighted by Crippen LogP contribution is -2.23. The quantitative estimate of drug-likeness (QED) is 0.867. The first-order valence-corrected chi connectivity index (χ1v) is 5.71. The van der Waals surface area contributed by atoms with Crippen LogP contribution < -0.4 is 4.90 Å². The molecule has 1 N–H and O–H groups in total. The third-order valence-electron chi connectivity index (χ3n) is 3.37. The number of carbonyl (C=O) groups is 1. The zero-order valence-corrected chi connectivity index (χ0v) is 9.93. The SMILES string of the molecule is CC1CN(c2cccc(F)c2C#N)CC1C(=O)O. The Balaban J connectivity index is 2.33. The molecule has 1 aliphatic rings. The summed E-state index contributed by atoms with van der Waals surface area (Å²) in [6, 6.07) is 6.25. The van der Waals surface area contributed by atoms with Gasteiger partial charge in [0, 0.05) is 13.1 Å². The highest BCUT2D eigenvalue weighted by molar-refractivity contribution is 5.73. The van der Waals surface area contributed by atoms with E-state index in [0.29, 0.717) is 18.8 Å². The van der Waals surface area contributed by atoms with Gasteiger partial charge in [-0.25, -0.2) is 4.39 Å². The van der Waals surface area contributed by atoms with Crippen LogP contribution in [0.5, 0.6) is 0 Å². The minimum absolute atomic E-state index is 0.0164. The van der Waals surface area contributed by atoms with Crippen LogP contribution in [0.3, 0.4) is 0 Å². The molecule has 1 aliphatic heterocycles. The molecule has 2 rings (SSSR count). The highest BCUT2D eigenvalue weighted by Crippen LogP contribution is 2.31. The number of nitrogens with zero attached hydrogens (tertiary/aromatic N) is 2. The van der Waals surface area contributed by atoms with E-state index in [1.807, 2.05) is 13.0 Å². The largest absolute Gasteiger partial charge is 0.481 e. The Morgan fingerprint density at radius 1 is 1.56 bits per heavy atom. The van der Waals surface area contributed by atoms with Crippen molar-refractivity contribution in [3.8, 4) is 6.07 Å². The number of hydrogen-bond acceptors (Lipinski definition) is 3. The van der Waals surface area contributed by atoms with E-state index in [9.17, 15) is 9.18 Å². The third kappa shape index (κ3) is 2.02. The maximum atomic E-state index is 13.5. The second-order valence-electron chi connectivity index (χ2n) is 4.57. The molecule has 0 spiro atoms. The van der Waals surface area contributed by atoms with Gasteiger partial charge >= 0.3 is 5.97 Å². The number of anilines is 1. The van der Waals surface area contributed by atoms with Crippen molar-refractivity contribution in [3.05, 3.63) is 29.6 Å². The van der Waals surface area contributed by atoms with Crippen molar-refractivity contribution in [1.29, 1.82) is 5.26 Å². The fourth-order valence-corrected chi connectivity index (χ4v) is 2.37. The van der Waals surface area contributed by atoms with E-state index in [1.165, 1.54) is 12.1 Å². The minimum Gasteiger partial charge on any atom is -0.481 e. The second-order valence-corrected chi connectivity index (χ2v) is 4.57. The number of carboxylic acids is 1. The molecule has 0 saturated carbocycles. The topological polar surface area (TPSA) is 64.3 Å². The fraction of sp³-hybridized carbons (Fsp3) is 0.385. The monoisotopic (exact) mass is 248 g/mol. The van der Waals surface area contributed by atoms with Crippen molar-refractivity contribution in [2.24, 2.45) is 11.8 Å². The van der Waals surface area contributed by atoms with Gasteiger partial charge in [0.2, 0.25) is 0 Å². The van der Waals surface area contributed by atoms with Crippen molar-refractivity contribution in [2.75, 3.05) is 18.0 Å². The highest BCUT2D eigenvalue weighted by atomic mass is 19.1. The summed E-state index contributed by atoms with van der Waals surface area (Å²) in [7, 11) is 0. The number of carboxylic acid groups (broad SMARTS) is 1. The van der Waals surface area contributed by atoms with Gasteiger partial charge in [0.25, 0.3) is 0 Å².